The maximum Gasteiger partial charge on any atom is 0.258 e. The van der Waals surface area contributed by atoms with E-state index in [-0.39, 0.29) is 30.1 Å². The second-order valence-electron chi connectivity index (χ2n) is 4.39. The van der Waals surface area contributed by atoms with E-state index in [2.05, 4.69) is 5.32 Å². The lowest BCUT2D eigenvalue weighted by Gasteiger charge is -2.12. The third kappa shape index (κ3) is 4.11. The first-order chi connectivity index (χ1) is 8.96. The lowest BCUT2D eigenvalue weighted by Crippen LogP contribution is -2.38. The summed E-state index contributed by atoms with van der Waals surface area (Å²) < 4.78 is 27.8. The van der Waals surface area contributed by atoms with Crippen molar-refractivity contribution in [1.82, 2.24) is 5.32 Å². The Labute approximate surface area is 116 Å². The minimum atomic E-state index is -2.99. The summed E-state index contributed by atoms with van der Waals surface area (Å²) in [5.74, 6) is 0.217. The molecule has 1 aromatic rings. The molecule has 1 N–H and O–H groups in total. The molecule has 19 heavy (non-hydrogen) atoms. The molecule has 0 unspecified atom stereocenters. The second kappa shape index (κ2) is 5.79. The van der Waals surface area contributed by atoms with Gasteiger partial charge in [0.15, 0.2) is 16.4 Å². The summed E-state index contributed by atoms with van der Waals surface area (Å²) in [7, 11) is -2.99. The molecule has 1 saturated heterocycles. The van der Waals surface area contributed by atoms with Gasteiger partial charge < -0.3 is 10.1 Å². The molecular formula is C12H14ClNO4S. The highest BCUT2D eigenvalue weighted by Crippen LogP contribution is 2.22. The molecule has 7 heteroatoms. The number of benzene rings is 1. The number of halogens is 1. The van der Waals surface area contributed by atoms with Crippen LogP contribution in [0.25, 0.3) is 0 Å². The summed E-state index contributed by atoms with van der Waals surface area (Å²) in [5.41, 5.74) is 0. The van der Waals surface area contributed by atoms with Gasteiger partial charge in [-0.1, -0.05) is 23.7 Å². The van der Waals surface area contributed by atoms with Crippen LogP contribution in [0.4, 0.5) is 0 Å². The van der Waals surface area contributed by atoms with Gasteiger partial charge in [0.2, 0.25) is 0 Å². The summed E-state index contributed by atoms with van der Waals surface area (Å²) in [6.45, 7) is -0.180. The van der Waals surface area contributed by atoms with Crippen molar-refractivity contribution in [1.29, 1.82) is 0 Å². The van der Waals surface area contributed by atoms with E-state index in [4.69, 9.17) is 16.3 Å². The summed E-state index contributed by atoms with van der Waals surface area (Å²) >= 11 is 5.88. The van der Waals surface area contributed by atoms with Crippen molar-refractivity contribution in [2.75, 3.05) is 18.1 Å². The predicted molar refractivity (Wildman–Crippen MR) is 72.1 cm³/mol. The standard InChI is InChI=1S/C12H14ClNO4S/c13-10-3-1-2-4-11(10)18-7-12(15)14-9-5-6-19(16,17)8-9/h1-4,9H,5-8H2,(H,14,15)/t9-/m0/s1. The van der Waals surface area contributed by atoms with Crippen LogP contribution in [0.5, 0.6) is 5.75 Å². The van der Waals surface area contributed by atoms with Crippen LogP contribution >= 0.6 is 11.6 Å². The van der Waals surface area contributed by atoms with Crippen molar-refractivity contribution >= 4 is 27.3 Å². The minimum absolute atomic E-state index is 0.00479. The van der Waals surface area contributed by atoms with Crippen LogP contribution in [0.2, 0.25) is 5.02 Å². The van der Waals surface area contributed by atoms with E-state index in [9.17, 15) is 13.2 Å². The highest BCUT2D eigenvalue weighted by Gasteiger charge is 2.28. The maximum absolute atomic E-state index is 11.6. The van der Waals surface area contributed by atoms with E-state index >= 15 is 0 Å². The quantitative estimate of drug-likeness (QED) is 0.901. The number of hydrogen-bond donors (Lipinski definition) is 1. The Hall–Kier alpha value is -1.27. The molecule has 1 aromatic carbocycles. The zero-order valence-electron chi connectivity index (χ0n) is 10.1. The molecule has 1 fully saturated rings. The Morgan fingerprint density at radius 1 is 1.42 bits per heavy atom. The first-order valence-electron chi connectivity index (χ1n) is 5.83. The van der Waals surface area contributed by atoms with Gasteiger partial charge in [-0.05, 0) is 18.6 Å². The van der Waals surface area contributed by atoms with Crippen LogP contribution in [0.3, 0.4) is 0 Å². The molecule has 2 rings (SSSR count). The second-order valence-corrected chi connectivity index (χ2v) is 7.02. The normalized spacial score (nSPS) is 21.0. The Bertz CT molecular complexity index is 573. The van der Waals surface area contributed by atoms with Crippen molar-refractivity contribution in [3.63, 3.8) is 0 Å². The molecule has 0 aromatic heterocycles. The monoisotopic (exact) mass is 303 g/mol. The van der Waals surface area contributed by atoms with Gasteiger partial charge in [-0.25, -0.2) is 8.42 Å². The van der Waals surface area contributed by atoms with Crippen LogP contribution < -0.4 is 10.1 Å². The van der Waals surface area contributed by atoms with Gasteiger partial charge in [0.25, 0.3) is 5.91 Å². The topological polar surface area (TPSA) is 72.5 Å². The molecule has 0 saturated carbocycles. The Morgan fingerprint density at radius 3 is 2.79 bits per heavy atom. The highest BCUT2D eigenvalue weighted by molar-refractivity contribution is 7.91. The lowest BCUT2D eigenvalue weighted by molar-refractivity contribution is -0.123. The smallest absolute Gasteiger partial charge is 0.258 e. The van der Waals surface area contributed by atoms with Gasteiger partial charge in [-0.15, -0.1) is 0 Å². The summed E-state index contributed by atoms with van der Waals surface area (Å²) in [4.78, 5) is 11.6. The number of ether oxygens (including phenoxy) is 1. The molecule has 0 bridgehead atoms. The fraction of sp³-hybridized carbons (Fsp3) is 0.417. The molecule has 1 heterocycles. The fourth-order valence-corrected chi connectivity index (χ4v) is 3.75. The van der Waals surface area contributed by atoms with E-state index in [1.807, 2.05) is 0 Å². The van der Waals surface area contributed by atoms with E-state index < -0.39 is 9.84 Å². The summed E-state index contributed by atoms with van der Waals surface area (Å²) in [6, 6.07) is 6.53. The largest absolute Gasteiger partial charge is 0.482 e. The molecular weight excluding hydrogens is 290 g/mol. The van der Waals surface area contributed by atoms with Crippen LogP contribution in [0.15, 0.2) is 24.3 Å². The van der Waals surface area contributed by atoms with Crippen LogP contribution in [0, 0.1) is 0 Å². The third-order valence-electron chi connectivity index (χ3n) is 2.79. The zero-order chi connectivity index (χ0) is 13.9. The summed E-state index contributed by atoms with van der Waals surface area (Å²) in [6.07, 6.45) is 0.458. The lowest BCUT2D eigenvalue weighted by atomic mass is 10.2. The van der Waals surface area contributed by atoms with E-state index in [0.717, 1.165) is 0 Å². The van der Waals surface area contributed by atoms with Gasteiger partial charge in [-0.2, -0.15) is 0 Å². The van der Waals surface area contributed by atoms with E-state index in [0.29, 0.717) is 17.2 Å². The number of para-hydroxylation sites is 1. The van der Waals surface area contributed by atoms with Gasteiger partial charge in [0.1, 0.15) is 5.75 Å². The molecule has 0 radical (unpaired) electrons. The number of carbonyl (C=O) groups is 1. The van der Waals surface area contributed by atoms with Gasteiger partial charge in [0, 0.05) is 6.04 Å². The van der Waals surface area contributed by atoms with Crippen molar-refractivity contribution in [2.45, 2.75) is 12.5 Å². The predicted octanol–water partition coefficient (Wildman–Crippen LogP) is 1.02. The Morgan fingerprint density at radius 2 is 2.16 bits per heavy atom. The number of rotatable bonds is 4. The molecule has 0 spiro atoms. The average Bonchev–Trinajstić information content (AvgIpc) is 2.67. The van der Waals surface area contributed by atoms with Gasteiger partial charge in [0.05, 0.1) is 16.5 Å². The maximum atomic E-state index is 11.6. The van der Waals surface area contributed by atoms with E-state index in [1.54, 1.807) is 24.3 Å². The van der Waals surface area contributed by atoms with Gasteiger partial charge >= 0.3 is 0 Å². The Balaban J connectivity index is 1.81. The van der Waals surface area contributed by atoms with Crippen molar-refractivity contribution in [3.05, 3.63) is 29.3 Å². The SMILES string of the molecule is O=C(COc1ccccc1Cl)N[C@H]1CCS(=O)(=O)C1. The molecule has 5 nitrogen and oxygen atoms in total. The van der Waals surface area contributed by atoms with Gasteiger partial charge in [-0.3, -0.25) is 4.79 Å². The fourth-order valence-electron chi connectivity index (χ4n) is 1.88. The van der Waals surface area contributed by atoms with Crippen molar-refractivity contribution < 1.29 is 17.9 Å². The first-order valence-corrected chi connectivity index (χ1v) is 8.03. The highest BCUT2D eigenvalue weighted by atomic mass is 35.5. The van der Waals surface area contributed by atoms with Crippen LogP contribution in [0.1, 0.15) is 6.42 Å². The molecule has 1 aliphatic rings. The number of hydrogen-bond acceptors (Lipinski definition) is 4. The molecule has 1 atom stereocenters. The summed E-state index contributed by atoms with van der Waals surface area (Å²) in [5, 5.41) is 3.07. The van der Waals surface area contributed by atoms with Crippen molar-refractivity contribution in [2.24, 2.45) is 0 Å². The van der Waals surface area contributed by atoms with E-state index in [1.165, 1.54) is 0 Å². The molecule has 104 valence electrons. The first kappa shape index (κ1) is 14.1. The molecule has 1 aliphatic heterocycles. The van der Waals surface area contributed by atoms with Crippen molar-refractivity contribution in [3.8, 4) is 5.75 Å². The number of nitrogens with one attached hydrogen (secondary N) is 1. The number of amides is 1. The van der Waals surface area contributed by atoms with Crippen LogP contribution in [-0.2, 0) is 14.6 Å². The number of sulfone groups is 1. The minimum Gasteiger partial charge on any atom is -0.482 e. The Kier molecular flexibility index (Phi) is 4.31. The zero-order valence-corrected chi connectivity index (χ0v) is 11.7. The average molecular weight is 304 g/mol. The number of carbonyl (C=O) groups excluding carboxylic acids is 1. The van der Waals surface area contributed by atoms with Crippen LogP contribution in [-0.4, -0.2) is 38.5 Å². The third-order valence-corrected chi connectivity index (χ3v) is 4.87. The molecule has 1 amide bonds. The molecule has 0 aliphatic carbocycles.